The molecule has 13 heteroatoms. The number of ether oxygens (including phenoxy) is 4. The van der Waals surface area contributed by atoms with Crippen molar-refractivity contribution in [2.75, 3.05) is 20.8 Å². The Kier molecular flexibility index (Phi) is 20.4. The number of methoxy groups -OCH3 is 2. The van der Waals surface area contributed by atoms with E-state index in [2.05, 4.69) is 0 Å². The molecule has 13 nitrogen and oxygen atoms in total. The molecule has 0 aromatic carbocycles. The zero-order valence-corrected chi connectivity index (χ0v) is 39.4. The third kappa shape index (κ3) is 14.7. The highest BCUT2D eigenvalue weighted by Gasteiger charge is 2.46. The number of aliphatic hydroxyl groups excluding tert-OH is 3. The summed E-state index contributed by atoms with van der Waals surface area (Å²) in [5.41, 5.74) is 1.12. The van der Waals surface area contributed by atoms with Gasteiger partial charge in [0, 0.05) is 51.4 Å². The summed E-state index contributed by atoms with van der Waals surface area (Å²) < 4.78 is 23.7. The van der Waals surface area contributed by atoms with Crippen molar-refractivity contribution in [3.05, 3.63) is 47.6 Å². The summed E-state index contributed by atoms with van der Waals surface area (Å²) >= 11 is 0. The first-order valence-electron chi connectivity index (χ1n) is 23.5. The van der Waals surface area contributed by atoms with Gasteiger partial charge in [-0.3, -0.25) is 14.4 Å². The molecule has 4 aliphatic rings. The maximum absolute atomic E-state index is 14.3. The molecular formula is C50H79NO12. The van der Waals surface area contributed by atoms with Crippen molar-refractivity contribution in [2.45, 2.75) is 186 Å². The molecule has 1 unspecified atom stereocenters. The fourth-order valence-electron chi connectivity index (χ4n) is 9.94. The van der Waals surface area contributed by atoms with Crippen molar-refractivity contribution in [3.8, 4) is 0 Å². The molecule has 15 atom stereocenters. The molecule has 3 aliphatic heterocycles. The Morgan fingerprint density at radius 2 is 1.60 bits per heavy atom. The van der Waals surface area contributed by atoms with Crippen LogP contribution in [0.4, 0.5) is 0 Å². The summed E-state index contributed by atoms with van der Waals surface area (Å²) in [5.74, 6) is -4.92. The molecule has 1 aliphatic carbocycles. The van der Waals surface area contributed by atoms with Gasteiger partial charge in [-0.2, -0.15) is 0 Å². The number of piperidine rings is 1. The lowest BCUT2D eigenvalue weighted by molar-refractivity contribution is -0.283. The average Bonchev–Trinajstić information content (AvgIpc) is 3.24. The number of rotatable bonds is 5. The minimum Gasteiger partial charge on any atom is -0.460 e. The van der Waals surface area contributed by atoms with Gasteiger partial charge in [0.05, 0.1) is 30.8 Å². The number of allylic oxidation sites excluding steroid dienone is 6. The average molecular weight is 886 g/mol. The predicted octanol–water partition coefficient (Wildman–Crippen LogP) is 6.35. The van der Waals surface area contributed by atoms with E-state index >= 15 is 0 Å². The second-order valence-electron chi connectivity index (χ2n) is 19.5. The Labute approximate surface area is 376 Å². The fraction of sp³-hybridized carbons (Fsp3) is 0.760. The van der Waals surface area contributed by atoms with Crippen LogP contribution in [0.5, 0.6) is 0 Å². The van der Waals surface area contributed by atoms with Crippen molar-refractivity contribution in [1.29, 1.82) is 0 Å². The standard InChI is InChI=1S/C50H79NO12/c1-30-15-11-10-12-16-31(2)41(53)27-38-20-18-36(7)50(59,63-38)29-45(55)51-22-14-13-17-39(51)49(58)62-43(33(4)25-37-19-21-40(52)44(26-37)60-8)28-42(54)32(3)24-35(6)47(57)48(61-9)46(56)34(5)23-30/h10-12,15-16,24,30,32-34,36-41,43-44,47-48,52-53,57,59H,13-14,17-23,25-29H2,1-9H3/b12-10+,15-11+,31-16+,35-24+/t30-,32-,33-,34-,36-,37?,38+,39+,40+,41+,43+,44+,47-,48+,50+/m1/s1. The molecule has 0 aromatic rings. The summed E-state index contributed by atoms with van der Waals surface area (Å²) in [5, 5.41) is 44.9. The van der Waals surface area contributed by atoms with Crippen LogP contribution in [-0.4, -0.2) is 124 Å². The van der Waals surface area contributed by atoms with Gasteiger partial charge in [-0.1, -0.05) is 71.1 Å². The number of fused-ring (bicyclic) bond motifs is 3. The number of ketones is 2. The van der Waals surface area contributed by atoms with E-state index < -0.39 is 72.2 Å². The first-order chi connectivity index (χ1) is 29.8. The summed E-state index contributed by atoms with van der Waals surface area (Å²) in [4.78, 5) is 57.7. The molecule has 1 saturated carbocycles. The number of cyclic esters (lactones) is 1. The van der Waals surface area contributed by atoms with Gasteiger partial charge in [-0.25, -0.2) is 4.79 Å². The van der Waals surface area contributed by atoms with Crippen LogP contribution in [0.25, 0.3) is 0 Å². The first-order valence-corrected chi connectivity index (χ1v) is 23.5. The lowest BCUT2D eigenvalue weighted by atomic mass is 9.78. The Morgan fingerprint density at radius 1 is 0.873 bits per heavy atom. The Morgan fingerprint density at radius 3 is 2.30 bits per heavy atom. The van der Waals surface area contributed by atoms with Gasteiger partial charge >= 0.3 is 5.97 Å². The number of aliphatic hydroxyl groups is 4. The molecule has 4 rings (SSSR count). The van der Waals surface area contributed by atoms with Gasteiger partial charge in [0.25, 0.3) is 0 Å². The molecule has 3 fully saturated rings. The van der Waals surface area contributed by atoms with Crippen LogP contribution in [0.3, 0.4) is 0 Å². The minimum absolute atomic E-state index is 0.0250. The highest BCUT2D eigenvalue weighted by molar-refractivity contribution is 5.87. The van der Waals surface area contributed by atoms with E-state index in [-0.39, 0.29) is 60.6 Å². The maximum Gasteiger partial charge on any atom is 0.329 e. The number of Topliss-reactive ketones (excluding diaryl/α,β-unsaturated/α-hetero) is 2. The maximum atomic E-state index is 14.3. The van der Waals surface area contributed by atoms with E-state index in [0.29, 0.717) is 75.5 Å². The normalized spacial score (nSPS) is 41.3. The number of hydrogen-bond acceptors (Lipinski definition) is 12. The van der Waals surface area contributed by atoms with Crippen molar-refractivity contribution < 1.29 is 58.6 Å². The van der Waals surface area contributed by atoms with E-state index in [1.165, 1.54) is 12.0 Å². The summed E-state index contributed by atoms with van der Waals surface area (Å²) in [6, 6.07) is -0.922. The van der Waals surface area contributed by atoms with Gasteiger partial charge in [-0.15, -0.1) is 0 Å². The highest BCUT2D eigenvalue weighted by atomic mass is 16.6. The molecule has 4 N–H and O–H groups in total. The second kappa shape index (κ2) is 24.5. The second-order valence-corrected chi connectivity index (χ2v) is 19.5. The number of carbonyl (C=O) groups excluding carboxylic acids is 4. The summed E-state index contributed by atoms with van der Waals surface area (Å²) in [7, 11) is 2.97. The van der Waals surface area contributed by atoms with Crippen LogP contribution >= 0.6 is 0 Å². The minimum atomic E-state index is -1.80. The fourth-order valence-corrected chi connectivity index (χ4v) is 9.94. The molecule has 1 amide bonds. The lowest BCUT2D eigenvalue weighted by Gasteiger charge is -2.44. The zero-order chi connectivity index (χ0) is 46.6. The molecule has 356 valence electrons. The van der Waals surface area contributed by atoms with Crippen molar-refractivity contribution in [3.63, 3.8) is 0 Å². The topological polar surface area (TPSA) is 189 Å². The third-order valence-corrected chi connectivity index (χ3v) is 14.3. The Bertz CT molecular complexity index is 1660. The first kappa shape index (κ1) is 52.6. The van der Waals surface area contributed by atoms with Crippen LogP contribution in [0.1, 0.15) is 132 Å². The smallest absolute Gasteiger partial charge is 0.329 e. The number of carbonyl (C=O) groups is 4. The van der Waals surface area contributed by atoms with E-state index in [1.54, 1.807) is 27.0 Å². The van der Waals surface area contributed by atoms with E-state index in [9.17, 15) is 39.6 Å². The summed E-state index contributed by atoms with van der Waals surface area (Å²) in [6.45, 7) is 13.1. The number of nitrogens with zero attached hydrogens (tertiary/aromatic N) is 1. The van der Waals surface area contributed by atoms with Crippen LogP contribution in [0.15, 0.2) is 47.6 Å². The van der Waals surface area contributed by atoms with Crippen molar-refractivity contribution in [1.82, 2.24) is 4.90 Å². The molecule has 2 bridgehead atoms. The Hall–Kier alpha value is -3.04. The van der Waals surface area contributed by atoms with Gasteiger partial charge in [0.2, 0.25) is 5.91 Å². The van der Waals surface area contributed by atoms with Gasteiger partial charge in [0.15, 0.2) is 11.6 Å². The highest BCUT2D eigenvalue weighted by Crippen LogP contribution is 2.38. The largest absolute Gasteiger partial charge is 0.460 e. The number of hydrogen-bond donors (Lipinski definition) is 4. The predicted molar refractivity (Wildman–Crippen MR) is 240 cm³/mol. The molecule has 0 radical (unpaired) electrons. The van der Waals surface area contributed by atoms with Gasteiger partial charge < -0.3 is 44.3 Å². The van der Waals surface area contributed by atoms with E-state index in [1.807, 2.05) is 65.0 Å². The SMILES string of the molecule is CO[C@H]1CC(C[C@@H](C)[C@@H]2CC(=O)[C@H](C)/C=C(\C)[C@@H](O)[C@@H](OC)C(=O)[C@H](C)C[C@H](C)/C=C/C=C/C=C(\C)[C@@H](O)C[C@@H]3CC[C@@H](C)[C@](O)(CC(=O)N4CCCC[C@H]4C(=O)O2)O3)CC[C@@H]1O. The van der Waals surface area contributed by atoms with Crippen LogP contribution in [0, 0.1) is 35.5 Å². The lowest BCUT2D eigenvalue weighted by Crippen LogP contribution is -2.54. The molecule has 0 spiro atoms. The molecule has 0 aromatic heterocycles. The van der Waals surface area contributed by atoms with Crippen molar-refractivity contribution in [2.24, 2.45) is 35.5 Å². The molecular weight excluding hydrogens is 807 g/mol. The van der Waals surface area contributed by atoms with E-state index in [4.69, 9.17) is 18.9 Å². The van der Waals surface area contributed by atoms with Crippen LogP contribution in [0.2, 0.25) is 0 Å². The summed E-state index contributed by atoms with van der Waals surface area (Å²) in [6.07, 6.45) is 11.3. The number of amides is 1. The zero-order valence-electron chi connectivity index (χ0n) is 39.4. The Balaban J connectivity index is 1.66. The van der Waals surface area contributed by atoms with Crippen LogP contribution < -0.4 is 0 Å². The van der Waals surface area contributed by atoms with Crippen LogP contribution in [-0.2, 0) is 38.1 Å². The van der Waals surface area contributed by atoms with Gasteiger partial charge in [0.1, 0.15) is 30.1 Å². The molecule has 3 heterocycles. The molecule has 2 saturated heterocycles. The van der Waals surface area contributed by atoms with Crippen molar-refractivity contribution >= 4 is 23.4 Å². The number of esters is 1. The monoisotopic (exact) mass is 886 g/mol. The van der Waals surface area contributed by atoms with E-state index in [0.717, 1.165) is 6.42 Å². The van der Waals surface area contributed by atoms with Gasteiger partial charge in [-0.05, 0) is 107 Å². The molecule has 63 heavy (non-hydrogen) atoms. The quantitative estimate of drug-likeness (QED) is 0.177. The third-order valence-electron chi connectivity index (χ3n) is 14.3.